The van der Waals surface area contributed by atoms with Crippen molar-refractivity contribution in [3.8, 4) is 0 Å². The smallest absolute Gasteiger partial charge is 0.229 e. The molecule has 0 spiro atoms. The number of nitrogens with one attached hydrogen (secondary N) is 1. The van der Waals surface area contributed by atoms with Crippen molar-refractivity contribution >= 4 is 34.8 Å². The van der Waals surface area contributed by atoms with Crippen LogP contribution in [0, 0.1) is 5.92 Å². The van der Waals surface area contributed by atoms with Crippen molar-refractivity contribution in [3.63, 3.8) is 0 Å². The van der Waals surface area contributed by atoms with Gasteiger partial charge in [-0.1, -0.05) is 43.6 Å². The van der Waals surface area contributed by atoms with E-state index in [1.807, 2.05) is 24.3 Å². The molecule has 1 atom stereocenters. The summed E-state index contributed by atoms with van der Waals surface area (Å²) >= 11 is 5.94. The van der Waals surface area contributed by atoms with Gasteiger partial charge in [-0.15, -0.1) is 0 Å². The first kappa shape index (κ1) is 17.5. The predicted octanol–water partition coefficient (Wildman–Crippen LogP) is 4.46. The van der Waals surface area contributed by atoms with Gasteiger partial charge < -0.3 is 10.2 Å². The lowest BCUT2D eigenvalue weighted by Crippen LogP contribution is -2.28. The highest BCUT2D eigenvalue weighted by molar-refractivity contribution is 6.30. The van der Waals surface area contributed by atoms with E-state index < -0.39 is 0 Å². The Labute approximate surface area is 152 Å². The Morgan fingerprint density at radius 1 is 1.20 bits per heavy atom. The van der Waals surface area contributed by atoms with Crippen LogP contribution in [0.3, 0.4) is 0 Å². The topological polar surface area (TPSA) is 49.4 Å². The Morgan fingerprint density at radius 3 is 2.56 bits per heavy atom. The summed E-state index contributed by atoms with van der Waals surface area (Å²) in [6, 6.07) is 15.0. The first-order valence-corrected chi connectivity index (χ1v) is 8.78. The first-order valence-electron chi connectivity index (χ1n) is 8.41. The highest BCUT2D eigenvalue weighted by Crippen LogP contribution is 2.27. The van der Waals surface area contributed by atoms with Gasteiger partial charge in [-0.05, 0) is 41.8 Å². The lowest BCUT2D eigenvalue weighted by Gasteiger charge is -2.18. The van der Waals surface area contributed by atoms with Gasteiger partial charge >= 0.3 is 0 Å². The molecule has 25 heavy (non-hydrogen) atoms. The molecule has 130 valence electrons. The first-order chi connectivity index (χ1) is 11.9. The molecule has 0 saturated carbocycles. The van der Waals surface area contributed by atoms with Gasteiger partial charge in [0.1, 0.15) is 0 Å². The molecule has 0 aliphatic carbocycles. The Morgan fingerprint density at radius 2 is 1.92 bits per heavy atom. The van der Waals surface area contributed by atoms with E-state index in [0.29, 0.717) is 23.2 Å². The van der Waals surface area contributed by atoms with Crippen molar-refractivity contribution < 1.29 is 9.59 Å². The molecule has 1 fully saturated rings. The third-order valence-corrected chi connectivity index (χ3v) is 4.69. The molecule has 2 aromatic carbocycles. The highest BCUT2D eigenvalue weighted by Gasteiger charge is 2.35. The molecule has 0 bridgehead atoms. The zero-order chi connectivity index (χ0) is 18.0. The molecule has 2 aromatic rings. The van der Waals surface area contributed by atoms with Crippen LogP contribution in [-0.4, -0.2) is 18.4 Å². The molecular weight excluding hydrogens is 336 g/mol. The molecule has 0 aromatic heterocycles. The standard InChI is InChI=1S/C20H21ClN2O2/c1-13(2)14-6-8-18(9-7-14)23-12-15(10-19(23)24)20(25)22-17-5-3-4-16(21)11-17/h3-9,11,13,15H,10,12H2,1-2H3,(H,22,25). The summed E-state index contributed by atoms with van der Waals surface area (Å²) in [5, 5.41) is 3.40. The van der Waals surface area contributed by atoms with Crippen LogP contribution in [0.15, 0.2) is 48.5 Å². The summed E-state index contributed by atoms with van der Waals surface area (Å²) in [6.45, 7) is 4.66. The minimum Gasteiger partial charge on any atom is -0.326 e. The quantitative estimate of drug-likeness (QED) is 0.879. The average molecular weight is 357 g/mol. The van der Waals surface area contributed by atoms with Gasteiger partial charge in [-0.3, -0.25) is 9.59 Å². The van der Waals surface area contributed by atoms with Crippen LogP contribution < -0.4 is 10.2 Å². The fourth-order valence-electron chi connectivity index (χ4n) is 2.98. The second-order valence-corrected chi connectivity index (χ2v) is 7.09. The van der Waals surface area contributed by atoms with E-state index in [4.69, 9.17) is 11.6 Å². The van der Waals surface area contributed by atoms with E-state index in [2.05, 4.69) is 19.2 Å². The number of nitrogens with zero attached hydrogens (tertiary/aromatic N) is 1. The molecule has 4 nitrogen and oxygen atoms in total. The normalized spacial score (nSPS) is 17.2. The molecule has 3 rings (SSSR count). The van der Waals surface area contributed by atoms with E-state index >= 15 is 0 Å². The largest absolute Gasteiger partial charge is 0.326 e. The number of carbonyl (C=O) groups excluding carboxylic acids is 2. The van der Waals surface area contributed by atoms with Crippen LogP contribution >= 0.6 is 11.6 Å². The van der Waals surface area contributed by atoms with Crippen molar-refractivity contribution in [2.75, 3.05) is 16.8 Å². The van der Waals surface area contributed by atoms with Crippen LogP contribution in [0.2, 0.25) is 5.02 Å². The summed E-state index contributed by atoms with van der Waals surface area (Å²) in [6.07, 6.45) is 0.221. The molecule has 2 amide bonds. The van der Waals surface area contributed by atoms with Gasteiger partial charge in [-0.25, -0.2) is 0 Å². The van der Waals surface area contributed by atoms with Gasteiger partial charge in [-0.2, -0.15) is 0 Å². The summed E-state index contributed by atoms with van der Waals surface area (Å²) < 4.78 is 0. The van der Waals surface area contributed by atoms with Crippen molar-refractivity contribution in [1.82, 2.24) is 0 Å². The minimum atomic E-state index is -0.365. The lowest BCUT2D eigenvalue weighted by molar-refractivity contribution is -0.122. The Balaban J connectivity index is 1.68. The molecule has 1 unspecified atom stereocenters. The van der Waals surface area contributed by atoms with Crippen LogP contribution in [0.4, 0.5) is 11.4 Å². The van der Waals surface area contributed by atoms with Crippen molar-refractivity contribution in [2.45, 2.75) is 26.2 Å². The molecule has 1 aliphatic heterocycles. The van der Waals surface area contributed by atoms with Crippen LogP contribution in [0.5, 0.6) is 0 Å². The maximum atomic E-state index is 12.5. The molecule has 1 aliphatic rings. The van der Waals surface area contributed by atoms with Gasteiger partial charge in [0, 0.05) is 29.4 Å². The summed E-state index contributed by atoms with van der Waals surface area (Å²) in [5.74, 6) is -0.101. The van der Waals surface area contributed by atoms with Crippen molar-refractivity contribution in [3.05, 3.63) is 59.1 Å². The molecular formula is C20H21ClN2O2. The number of hydrogen-bond donors (Lipinski definition) is 1. The fourth-order valence-corrected chi connectivity index (χ4v) is 3.17. The van der Waals surface area contributed by atoms with Crippen molar-refractivity contribution in [2.24, 2.45) is 5.92 Å². The number of rotatable bonds is 4. The number of carbonyl (C=O) groups is 2. The Bertz CT molecular complexity index is 787. The Kier molecular flexibility index (Phi) is 5.09. The number of hydrogen-bond acceptors (Lipinski definition) is 2. The summed E-state index contributed by atoms with van der Waals surface area (Å²) in [5.41, 5.74) is 2.71. The average Bonchev–Trinajstić information content (AvgIpc) is 2.97. The zero-order valence-corrected chi connectivity index (χ0v) is 15.1. The van der Waals surface area contributed by atoms with Crippen molar-refractivity contribution in [1.29, 1.82) is 0 Å². The summed E-state index contributed by atoms with van der Waals surface area (Å²) in [7, 11) is 0. The van der Waals surface area contributed by atoms with Crippen LogP contribution in [0.1, 0.15) is 31.7 Å². The maximum Gasteiger partial charge on any atom is 0.229 e. The molecule has 0 radical (unpaired) electrons. The van der Waals surface area contributed by atoms with Crippen LogP contribution in [0.25, 0.3) is 0 Å². The second-order valence-electron chi connectivity index (χ2n) is 6.65. The van der Waals surface area contributed by atoms with E-state index in [-0.39, 0.29) is 24.2 Å². The lowest BCUT2D eigenvalue weighted by atomic mass is 10.0. The SMILES string of the molecule is CC(C)c1ccc(N2CC(C(=O)Nc3cccc(Cl)c3)CC2=O)cc1. The highest BCUT2D eigenvalue weighted by atomic mass is 35.5. The van der Waals surface area contributed by atoms with E-state index in [0.717, 1.165) is 5.69 Å². The van der Waals surface area contributed by atoms with Gasteiger partial charge in [0.25, 0.3) is 0 Å². The zero-order valence-electron chi connectivity index (χ0n) is 14.3. The Hall–Kier alpha value is -2.33. The van der Waals surface area contributed by atoms with Gasteiger partial charge in [0.05, 0.1) is 5.92 Å². The summed E-state index contributed by atoms with van der Waals surface area (Å²) in [4.78, 5) is 26.5. The number of halogens is 1. The third-order valence-electron chi connectivity index (χ3n) is 4.46. The third kappa shape index (κ3) is 4.02. The molecule has 1 saturated heterocycles. The minimum absolute atomic E-state index is 0.0245. The van der Waals surface area contributed by atoms with Gasteiger partial charge in [0.2, 0.25) is 11.8 Å². The number of anilines is 2. The maximum absolute atomic E-state index is 12.5. The molecule has 1 N–H and O–H groups in total. The number of amides is 2. The molecule has 5 heteroatoms. The van der Waals surface area contributed by atoms with Gasteiger partial charge in [0.15, 0.2) is 0 Å². The van der Waals surface area contributed by atoms with Crippen LogP contribution in [-0.2, 0) is 9.59 Å². The monoisotopic (exact) mass is 356 g/mol. The van der Waals surface area contributed by atoms with E-state index in [1.165, 1.54) is 5.56 Å². The second kappa shape index (κ2) is 7.28. The molecule has 1 heterocycles. The van der Waals surface area contributed by atoms with E-state index in [9.17, 15) is 9.59 Å². The van der Waals surface area contributed by atoms with E-state index in [1.54, 1.807) is 29.2 Å². The number of benzene rings is 2. The predicted molar refractivity (Wildman–Crippen MR) is 101 cm³/mol. The fraction of sp³-hybridized carbons (Fsp3) is 0.300.